The van der Waals surface area contributed by atoms with Gasteiger partial charge < -0.3 is 5.32 Å². The summed E-state index contributed by atoms with van der Waals surface area (Å²) in [5.41, 5.74) is 2.27. The van der Waals surface area contributed by atoms with Crippen LogP contribution in [0, 0.1) is 0 Å². The summed E-state index contributed by atoms with van der Waals surface area (Å²) in [5, 5.41) is 2.87. The third-order valence-electron chi connectivity index (χ3n) is 2.55. The van der Waals surface area contributed by atoms with E-state index >= 15 is 0 Å². The molecular formula is C11H11NO2. The second kappa shape index (κ2) is 3.25. The minimum absolute atomic E-state index is 0.0377. The van der Waals surface area contributed by atoms with Crippen LogP contribution in [0.1, 0.15) is 45.7 Å². The van der Waals surface area contributed by atoms with E-state index in [0.29, 0.717) is 11.1 Å². The van der Waals surface area contributed by atoms with Gasteiger partial charge in [-0.1, -0.05) is 13.0 Å². The van der Waals surface area contributed by atoms with Crippen LogP contribution in [-0.4, -0.2) is 12.2 Å². The van der Waals surface area contributed by atoms with Crippen molar-refractivity contribution in [2.24, 2.45) is 0 Å². The molecule has 3 heteroatoms. The highest BCUT2D eigenvalue weighted by Crippen LogP contribution is 2.27. The van der Waals surface area contributed by atoms with Gasteiger partial charge in [0.2, 0.25) is 0 Å². The first-order valence-electron chi connectivity index (χ1n) is 4.66. The summed E-state index contributed by atoms with van der Waals surface area (Å²) in [6, 6.07) is 5.24. The minimum Gasteiger partial charge on any atom is -0.345 e. The fraction of sp³-hybridized carbons (Fsp3) is 0.273. The maximum atomic E-state index is 11.4. The summed E-state index contributed by atoms with van der Waals surface area (Å²) in [7, 11) is 0. The molecule has 1 unspecified atom stereocenters. The van der Waals surface area contributed by atoms with Crippen LogP contribution in [0.5, 0.6) is 0 Å². The van der Waals surface area contributed by atoms with Gasteiger partial charge in [-0.3, -0.25) is 9.59 Å². The van der Waals surface area contributed by atoms with Gasteiger partial charge in [0.05, 0.1) is 6.04 Å². The number of carbonyl (C=O) groups is 2. The fourth-order valence-electron chi connectivity index (χ4n) is 1.79. The van der Waals surface area contributed by atoms with Crippen LogP contribution in [0.2, 0.25) is 0 Å². The average molecular weight is 189 g/mol. The van der Waals surface area contributed by atoms with Gasteiger partial charge in [-0.05, 0) is 24.1 Å². The van der Waals surface area contributed by atoms with Gasteiger partial charge >= 0.3 is 0 Å². The van der Waals surface area contributed by atoms with Crippen LogP contribution in [0.3, 0.4) is 0 Å². The maximum Gasteiger partial charge on any atom is 0.252 e. The van der Waals surface area contributed by atoms with Crippen LogP contribution in [0.25, 0.3) is 0 Å². The zero-order valence-corrected chi connectivity index (χ0v) is 7.91. The van der Waals surface area contributed by atoms with Gasteiger partial charge in [0, 0.05) is 11.1 Å². The number of benzene rings is 1. The van der Waals surface area contributed by atoms with Gasteiger partial charge in [0.25, 0.3) is 5.91 Å². The normalized spacial score (nSPS) is 18.9. The highest BCUT2D eigenvalue weighted by Gasteiger charge is 2.26. The highest BCUT2D eigenvalue weighted by molar-refractivity contribution is 5.99. The van der Waals surface area contributed by atoms with Crippen molar-refractivity contribution in [3.63, 3.8) is 0 Å². The number of nitrogens with one attached hydrogen (secondary N) is 1. The van der Waals surface area contributed by atoms with Crippen molar-refractivity contribution in [2.75, 3.05) is 0 Å². The Morgan fingerprint density at radius 3 is 2.93 bits per heavy atom. The molecule has 1 atom stereocenters. The number of carbonyl (C=O) groups excluding carboxylic acids is 2. The number of aldehydes is 1. The van der Waals surface area contributed by atoms with Crippen molar-refractivity contribution in [2.45, 2.75) is 19.4 Å². The molecule has 72 valence electrons. The van der Waals surface area contributed by atoms with Gasteiger partial charge in [-0.25, -0.2) is 0 Å². The third-order valence-corrected chi connectivity index (χ3v) is 2.55. The Bertz CT molecular complexity index is 398. The zero-order valence-electron chi connectivity index (χ0n) is 7.91. The molecule has 0 aliphatic carbocycles. The Hall–Kier alpha value is -1.64. The Labute approximate surface area is 82.1 Å². The van der Waals surface area contributed by atoms with E-state index in [1.807, 2.05) is 6.92 Å². The molecule has 1 aromatic carbocycles. The molecule has 0 saturated carbocycles. The molecule has 0 bridgehead atoms. The quantitative estimate of drug-likeness (QED) is 0.719. The second-order valence-electron chi connectivity index (χ2n) is 3.40. The zero-order chi connectivity index (χ0) is 10.1. The smallest absolute Gasteiger partial charge is 0.252 e. The maximum absolute atomic E-state index is 11.4. The Morgan fingerprint density at radius 2 is 2.29 bits per heavy atom. The Kier molecular flexibility index (Phi) is 2.08. The molecule has 1 aliphatic rings. The van der Waals surface area contributed by atoms with Crippen LogP contribution >= 0.6 is 0 Å². The van der Waals surface area contributed by atoms with Gasteiger partial charge in [-0.2, -0.15) is 0 Å². The van der Waals surface area contributed by atoms with Gasteiger partial charge in [0.1, 0.15) is 6.29 Å². The molecule has 3 nitrogen and oxygen atoms in total. The number of hydrogen-bond acceptors (Lipinski definition) is 2. The fourth-order valence-corrected chi connectivity index (χ4v) is 1.79. The Morgan fingerprint density at radius 1 is 1.50 bits per heavy atom. The third kappa shape index (κ3) is 1.21. The molecule has 14 heavy (non-hydrogen) atoms. The van der Waals surface area contributed by atoms with Gasteiger partial charge in [-0.15, -0.1) is 0 Å². The van der Waals surface area contributed by atoms with Crippen molar-refractivity contribution < 1.29 is 9.59 Å². The SMILES string of the molecule is CCC1NC(=O)c2ccc(C=O)cc21. The number of fused-ring (bicyclic) bond motifs is 1. The van der Waals surface area contributed by atoms with Crippen molar-refractivity contribution in [1.82, 2.24) is 5.32 Å². The van der Waals surface area contributed by atoms with Crippen molar-refractivity contribution in [1.29, 1.82) is 0 Å². The highest BCUT2D eigenvalue weighted by atomic mass is 16.2. The molecule has 2 rings (SSSR count). The summed E-state index contributed by atoms with van der Waals surface area (Å²) >= 11 is 0. The predicted molar refractivity (Wildman–Crippen MR) is 52.3 cm³/mol. The minimum atomic E-state index is -0.0377. The lowest BCUT2D eigenvalue weighted by atomic mass is 10.0. The van der Waals surface area contributed by atoms with Gasteiger partial charge in [0.15, 0.2) is 0 Å². The number of rotatable bonds is 2. The van der Waals surface area contributed by atoms with Crippen LogP contribution in [-0.2, 0) is 0 Å². The first-order chi connectivity index (χ1) is 6.76. The first-order valence-corrected chi connectivity index (χ1v) is 4.66. The molecule has 0 saturated heterocycles. The number of hydrogen-bond donors (Lipinski definition) is 1. The summed E-state index contributed by atoms with van der Waals surface area (Å²) in [4.78, 5) is 22.0. The monoisotopic (exact) mass is 189 g/mol. The molecule has 0 radical (unpaired) electrons. The molecule has 1 aromatic rings. The summed E-state index contributed by atoms with van der Waals surface area (Å²) < 4.78 is 0. The van der Waals surface area contributed by atoms with E-state index in [2.05, 4.69) is 5.32 Å². The second-order valence-corrected chi connectivity index (χ2v) is 3.40. The summed E-state index contributed by atoms with van der Waals surface area (Å²) in [6.45, 7) is 2.01. The molecular weight excluding hydrogens is 178 g/mol. The molecule has 0 spiro atoms. The molecule has 1 aliphatic heterocycles. The van der Waals surface area contributed by atoms with Crippen LogP contribution < -0.4 is 5.32 Å². The summed E-state index contributed by atoms with van der Waals surface area (Å²) in [5.74, 6) is -0.0377. The van der Waals surface area contributed by atoms with Crippen molar-refractivity contribution >= 4 is 12.2 Å². The molecule has 1 N–H and O–H groups in total. The lowest BCUT2D eigenvalue weighted by Crippen LogP contribution is -2.17. The summed E-state index contributed by atoms with van der Waals surface area (Å²) in [6.07, 6.45) is 1.65. The van der Waals surface area contributed by atoms with Crippen LogP contribution in [0.4, 0.5) is 0 Å². The lowest BCUT2D eigenvalue weighted by Gasteiger charge is -2.07. The van der Waals surface area contributed by atoms with E-state index in [4.69, 9.17) is 0 Å². The van der Waals surface area contributed by atoms with E-state index < -0.39 is 0 Å². The van der Waals surface area contributed by atoms with E-state index in [1.165, 1.54) is 0 Å². The largest absolute Gasteiger partial charge is 0.345 e. The first kappa shape index (κ1) is 8.94. The topological polar surface area (TPSA) is 46.2 Å². The predicted octanol–water partition coefficient (Wildman–Crippen LogP) is 1.69. The van der Waals surface area contributed by atoms with E-state index in [9.17, 15) is 9.59 Å². The molecule has 1 amide bonds. The number of amides is 1. The van der Waals surface area contributed by atoms with E-state index in [-0.39, 0.29) is 11.9 Å². The Balaban J connectivity index is 2.52. The van der Waals surface area contributed by atoms with Crippen LogP contribution in [0.15, 0.2) is 18.2 Å². The van der Waals surface area contributed by atoms with Crippen molar-refractivity contribution in [3.05, 3.63) is 34.9 Å². The van der Waals surface area contributed by atoms with E-state index in [0.717, 1.165) is 18.3 Å². The average Bonchev–Trinajstić information content (AvgIpc) is 2.55. The standard InChI is InChI=1S/C11H11NO2/c1-2-10-9-5-7(6-13)3-4-8(9)11(14)12-10/h3-6,10H,2H2,1H3,(H,12,14). The molecule has 1 heterocycles. The van der Waals surface area contributed by atoms with E-state index in [1.54, 1.807) is 18.2 Å². The lowest BCUT2D eigenvalue weighted by molar-refractivity contribution is 0.0955. The molecule has 0 fully saturated rings. The molecule has 0 aromatic heterocycles. The van der Waals surface area contributed by atoms with Crippen molar-refractivity contribution in [3.8, 4) is 0 Å².